The SMILES string of the molecule is CC1CCC(N)(c2noc(C3C4CCCCC43)n2)CC1. The summed E-state index contributed by atoms with van der Waals surface area (Å²) >= 11 is 0. The van der Waals surface area contributed by atoms with Crippen molar-refractivity contribution in [3.8, 4) is 0 Å². The van der Waals surface area contributed by atoms with Gasteiger partial charge in [-0.3, -0.25) is 0 Å². The fraction of sp³-hybridized carbons (Fsp3) is 0.875. The molecule has 1 aromatic rings. The van der Waals surface area contributed by atoms with E-state index < -0.39 is 0 Å². The van der Waals surface area contributed by atoms with Crippen molar-refractivity contribution in [1.82, 2.24) is 10.1 Å². The molecule has 0 amide bonds. The van der Waals surface area contributed by atoms with Crippen LogP contribution in [0, 0.1) is 17.8 Å². The van der Waals surface area contributed by atoms with Gasteiger partial charge in [0.1, 0.15) is 0 Å². The van der Waals surface area contributed by atoms with Crippen LogP contribution in [0.15, 0.2) is 4.52 Å². The minimum Gasteiger partial charge on any atom is -0.339 e. The topological polar surface area (TPSA) is 64.9 Å². The zero-order chi connectivity index (χ0) is 13.7. The molecule has 1 aromatic heterocycles. The van der Waals surface area contributed by atoms with Crippen molar-refractivity contribution < 1.29 is 4.52 Å². The number of hydrogen-bond acceptors (Lipinski definition) is 4. The summed E-state index contributed by atoms with van der Waals surface area (Å²) in [5.74, 6) is 4.60. The van der Waals surface area contributed by atoms with Crippen LogP contribution in [0.25, 0.3) is 0 Å². The summed E-state index contributed by atoms with van der Waals surface area (Å²) in [6.07, 6.45) is 9.77. The molecule has 4 heteroatoms. The van der Waals surface area contributed by atoms with E-state index in [9.17, 15) is 0 Å². The van der Waals surface area contributed by atoms with E-state index in [1.165, 1.54) is 38.5 Å². The maximum atomic E-state index is 6.54. The Balaban J connectivity index is 1.51. The maximum Gasteiger partial charge on any atom is 0.230 e. The van der Waals surface area contributed by atoms with Crippen LogP contribution in [-0.4, -0.2) is 10.1 Å². The fourth-order valence-corrected chi connectivity index (χ4v) is 4.43. The van der Waals surface area contributed by atoms with Gasteiger partial charge >= 0.3 is 0 Å². The Morgan fingerprint density at radius 3 is 2.40 bits per heavy atom. The van der Waals surface area contributed by atoms with Crippen LogP contribution >= 0.6 is 0 Å². The first-order chi connectivity index (χ1) is 9.67. The molecule has 20 heavy (non-hydrogen) atoms. The molecule has 2 N–H and O–H groups in total. The lowest BCUT2D eigenvalue weighted by Crippen LogP contribution is -2.41. The van der Waals surface area contributed by atoms with Crippen molar-refractivity contribution in [3.05, 3.63) is 11.7 Å². The van der Waals surface area contributed by atoms with Gasteiger partial charge in [-0.25, -0.2) is 0 Å². The van der Waals surface area contributed by atoms with Gasteiger partial charge < -0.3 is 10.3 Å². The fourth-order valence-electron chi connectivity index (χ4n) is 4.43. The lowest BCUT2D eigenvalue weighted by atomic mass is 9.77. The van der Waals surface area contributed by atoms with E-state index in [1.54, 1.807) is 0 Å². The molecule has 1 heterocycles. The molecule has 0 radical (unpaired) electrons. The standard InChI is InChI=1S/C16H25N3O/c1-10-6-8-16(17,9-7-10)15-18-14(20-19-15)13-11-4-2-3-5-12(11)13/h10-13H,2-9,17H2,1H3. The largest absolute Gasteiger partial charge is 0.339 e. The van der Waals surface area contributed by atoms with E-state index >= 15 is 0 Å². The van der Waals surface area contributed by atoms with Gasteiger partial charge in [0.15, 0.2) is 5.82 Å². The number of aromatic nitrogens is 2. The highest BCUT2D eigenvalue weighted by atomic mass is 16.5. The molecule has 0 saturated heterocycles. The summed E-state index contributed by atoms with van der Waals surface area (Å²) in [5, 5.41) is 4.24. The van der Waals surface area contributed by atoms with Gasteiger partial charge in [-0.1, -0.05) is 24.9 Å². The van der Waals surface area contributed by atoms with Crippen LogP contribution in [0.1, 0.15) is 75.9 Å². The molecule has 4 rings (SSSR count). The molecule has 2 unspecified atom stereocenters. The highest BCUT2D eigenvalue weighted by Gasteiger charge is 2.54. The van der Waals surface area contributed by atoms with Crippen LogP contribution in [0.4, 0.5) is 0 Å². The van der Waals surface area contributed by atoms with E-state index in [2.05, 4.69) is 12.1 Å². The lowest BCUT2D eigenvalue weighted by molar-refractivity contribution is 0.230. The van der Waals surface area contributed by atoms with Gasteiger partial charge in [0.05, 0.1) is 5.54 Å². The number of nitrogens with two attached hydrogens (primary N) is 1. The number of rotatable bonds is 2. The minimum absolute atomic E-state index is 0.339. The molecule has 4 nitrogen and oxygen atoms in total. The Hall–Kier alpha value is -0.900. The summed E-state index contributed by atoms with van der Waals surface area (Å²) < 4.78 is 5.58. The highest BCUT2D eigenvalue weighted by molar-refractivity contribution is 5.16. The molecule has 0 aromatic carbocycles. The summed E-state index contributed by atoms with van der Waals surface area (Å²) in [6, 6.07) is 0. The Bertz CT molecular complexity index is 478. The van der Waals surface area contributed by atoms with E-state index in [0.29, 0.717) is 5.92 Å². The number of hydrogen-bond donors (Lipinski definition) is 1. The van der Waals surface area contributed by atoms with Crippen LogP contribution in [0.5, 0.6) is 0 Å². The molecule has 3 fully saturated rings. The van der Waals surface area contributed by atoms with E-state index in [0.717, 1.165) is 42.3 Å². The molecular formula is C16H25N3O. The molecule has 2 atom stereocenters. The average Bonchev–Trinajstić information content (AvgIpc) is 2.98. The van der Waals surface area contributed by atoms with E-state index in [-0.39, 0.29) is 5.54 Å². The van der Waals surface area contributed by atoms with Crippen LogP contribution < -0.4 is 5.73 Å². The van der Waals surface area contributed by atoms with Gasteiger partial charge in [-0.2, -0.15) is 4.98 Å². The second-order valence-corrected chi connectivity index (χ2v) is 7.43. The normalized spacial score (nSPS) is 44.1. The highest BCUT2D eigenvalue weighted by Crippen LogP contribution is 2.60. The first-order valence-corrected chi connectivity index (χ1v) is 8.30. The Labute approximate surface area is 120 Å². The van der Waals surface area contributed by atoms with Gasteiger partial charge in [0.2, 0.25) is 5.89 Å². The third-order valence-corrected chi connectivity index (χ3v) is 6.00. The van der Waals surface area contributed by atoms with Gasteiger partial charge in [0.25, 0.3) is 0 Å². The Kier molecular flexibility index (Phi) is 2.92. The quantitative estimate of drug-likeness (QED) is 0.899. The van der Waals surface area contributed by atoms with Crippen LogP contribution in [-0.2, 0) is 5.54 Å². The molecule has 3 saturated carbocycles. The second kappa shape index (κ2) is 4.55. The Morgan fingerprint density at radius 1 is 1.10 bits per heavy atom. The zero-order valence-corrected chi connectivity index (χ0v) is 12.3. The third-order valence-electron chi connectivity index (χ3n) is 6.00. The third kappa shape index (κ3) is 2.00. The summed E-state index contributed by atoms with van der Waals surface area (Å²) in [6.45, 7) is 2.30. The number of nitrogens with zero attached hydrogens (tertiary/aromatic N) is 2. The molecule has 0 bridgehead atoms. The van der Waals surface area contributed by atoms with Crippen molar-refractivity contribution >= 4 is 0 Å². The first-order valence-electron chi connectivity index (χ1n) is 8.30. The molecule has 3 aliphatic rings. The van der Waals surface area contributed by atoms with Crippen molar-refractivity contribution in [3.63, 3.8) is 0 Å². The number of fused-ring (bicyclic) bond motifs is 1. The average molecular weight is 275 g/mol. The van der Waals surface area contributed by atoms with Crippen LogP contribution in [0.2, 0.25) is 0 Å². The summed E-state index contributed by atoms with van der Waals surface area (Å²) in [4.78, 5) is 4.71. The molecule has 110 valence electrons. The maximum absolute atomic E-state index is 6.54. The van der Waals surface area contributed by atoms with E-state index in [4.69, 9.17) is 15.2 Å². The van der Waals surface area contributed by atoms with Crippen LogP contribution in [0.3, 0.4) is 0 Å². The summed E-state index contributed by atoms with van der Waals surface area (Å²) in [5.41, 5.74) is 6.20. The van der Waals surface area contributed by atoms with Gasteiger partial charge in [0, 0.05) is 5.92 Å². The van der Waals surface area contributed by atoms with Crippen molar-refractivity contribution in [2.45, 2.75) is 69.7 Å². The van der Waals surface area contributed by atoms with E-state index in [1.807, 2.05) is 0 Å². The second-order valence-electron chi connectivity index (χ2n) is 7.43. The van der Waals surface area contributed by atoms with Crippen molar-refractivity contribution in [1.29, 1.82) is 0 Å². The lowest BCUT2D eigenvalue weighted by Gasteiger charge is -2.33. The Morgan fingerprint density at radius 2 is 1.75 bits per heavy atom. The summed E-state index contributed by atoms with van der Waals surface area (Å²) in [7, 11) is 0. The zero-order valence-electron chi connectivity index (χ0n) is 12.3. The van der Waals surface area contributed by atoms with Gasteiger partial charge in [-0.05, 0) is 56.3 Å². The molecule has 3 aliphatic carbocycles. The molecule has 0 spiro atoms. The van der Waals surface area contributed by atoms with Crippen molar-refractivity contribution in [2.75, 3.05) is 0 Å². The predicted octanol–water partition coefficient (Wildman–Crippen LogP) is 3.34. The first kappa shape index (κ1) is 12.8. The minimum atomic E-state index is -0.339. The predicted molar refractivity (Wildman–Crippen MR) is 76.0 cm³/mol. The molecule has 0 aliphatic heterocycles. The molecular weight excluding hydrogens is 250 g/mol. The monoisotopic (exact) mass is 275 g/mol. The van der Waals surface area contributed by atoms with Gasteiger partial charge in [-0.15, -0.1) is 0 Å². The van der Waals surface area contributed by atoms with Crippen molar-refractivity contribution in [2.24, 2.45) is 23.5 Å². The smallest absolute Gasteiger partial charge is 0.230 e.